The summed E-state index contributed by atoms with van der Waals surface area (Å²) in [6, 6.07) is 4.30. The number of rotatable bonds is 5. The Hall–Kier alpha value is -1.51. The molecule has 0 bridgehead atoms. The van der Waals surface area contributed by atoms with Crippen molar-refractivity contribution in [1.29, 1.82) is 0 Å². The van der Waals surface area contributed by atoms with Gasteiger partial charge in [0.05, 0.1) is 30.9 Å². The molecule has 2 atom stereocenters. The van der Waals surface area contributed by atoms with Crippen LogP contribution < -0.4 is 4.72 Å². The molecule has 0 amide bonds. The Kier molecular flexibility index (Phi) is 4.36. The Balaban J connectivity index is 2.04. The minimum absolute atomic E-state index is 0.0148. The fraction of sp³-hybridized carbons (Fsp3) is 0.417. The number of aliphatic carboxylic acids is 1. The van der Waals surface area contributed by atoms with Gasteiger partial charge in [-0.3, -0.25) is 4.79 Å². The molecule has 0 spiro atoms. The first-order valence-corrected chi connectivity index (χ1v) is 7.57. The Morgan fingerprint density at radius 2 is 2.00 bits per heavy atom. The van der Waals surface area contributed by atoms with Crippen LogP contribution in [0.3, 0.4) is 0 Å². The van der Waals surface area contributed by atoms with Crippen molar-refractivity contribution in [3.63, 3.8) is 0 Å². The summed E-state index contributed by atoms with van der Waals surface area (Å²) in [4.78, 5) is 10.9. The van der Waals surface area contributed by atoms with E-state index >= 15 is 0 Å². The number of sulfonamides is 1. The van der Waals surface area contributed by atoms with Gasteiger partial charge in [0.2, 0.25) is 10.0 Å². The number of halogens is 1. The summed E-state index contributed by atoms with van der Waals surface area (Å²) in [5.74, 6) is -2.78. The summed E-state index contributed by atoms with van der Waals surface area (Å²) in [5, 5.41) is 8.94. The minimum Gasteiger partial charge on any atom is -0.481 e. The van der Waals surface area contributed by atoms with E-state index in [1.54, 1.807) is 0 Å². The van der Waals surface area contributed by atoms with Crippen LogP contribution in [0.5, 0.6) is 0 Å². The average Bonchev–Trinajstić information content (AvgIpc) is 2.79. The first-order chi connectivity index (χ1) is 9.37. The highest BCUT2D eigenvalue weighted by Gasteiger charge is 2.36. The lowest BCUT2D eigenvalue weighted by molar-refractivity contribution is -0.142. The maximum atomic E-state index is 12.7. The van der Waals surface area contributed by atoms with Crippen LogP contribution in [0.4, 0.5) is 4.39 Å². The van der Waals surface area contributed by atoms with Crippen LogP contribution in [0, 0.1) is 11.7 Å². The summed E-state index contributed by atoms with van der Waals surface area (Å²) < 4.78 is 44.0. The molecule has 110 valence electrons. The monoisotopic (exact) mass is 303 g/mol. The van der Waals surface area contributed by atoms with E-state index in [1.165, 1.54) is 24.3 Å². The van der Waals surface area contributed by atoms with Crippen LogP contribution in [0.1, 0.15) is 5.56 Å². The molecule has 1 saturated heterocycles. The van der Waals surface area contributed by atoms with Gasteiger partial charge in [0.15, 0.2) is 0 Å². The zero-order valence-corrected chi connectivity index (χ0v) is 11.3. The molecule has 2 N–H and O–H groups in total. The van der Waals surface area contributed by atoms with Crippen molar-refractivity contribution in [2.45, 2.75) is 11.8 Å². The molecule has 2 rings (SSSR count). The molecule has 20 heavy (non-hydrogen) atoms. The smallest absolute Gasteiger partial charge is 0.310 e. The molecule has 0 unspecified atom stereocenters. The maximum Gasteiger partial charge on any atom is 0.310 e. The molecule has 1 aliphatic heterocycles. The summed E-state index contributed by atoms with van der Waals surface area (Å²) >= 11 is 0. The zero-order chi connectivity index (χ0) is 14.8. The molecule has 0 aliphatic carbocycles. The van der Waals surface area contributed by atoms with E-state index in [4.69, 9.17) is 9.84 Å². The fourth-order valence-corrected chi connectivity index (χ4v) is 3.39. The molecule has 0 radical (unpaired) electrons. The molecule has 1 aromatic carbocycles. The first kappa shape index (κ1) is 14.9. The second-order valence-electron chi connectivity index (χ2n) is 4.59. The van der Waals surface area contributed by atoms with Crippen LogP contribution in [0.25, 0.3) is 0 Å². The highest BCUT2D eigenvalue weighted by atomic mass is 32.2. The van der Waals surface area contributed by atoms with Crippen molar-refractivity contribution < 1.29 is 27.4 Å². The third-order valence-electron chi connectivity index (χ3n) is 3.00. The van der Waals surface area contributed by atoms with Crippen molar-refractivity contribution in [2.75, 3.05) is 13.2 Å². The van der Waals surface area contributed by atoms with E-state index in [-0.39, 0.29) is 19.0 Å². The van der Waals surface area contributed by atoms with Gasteiger partial charge in [0, 0.05) is 0 Å². The molecule has 1 aliphatic rings. The number of hydrogen-bond acceptors (Lipinski definition) is 4. The number of carboxylic acid groups (broad SMARTS) is 1. The fourth-order valence-electron chi connectivity index (χ4n) is 1.99. The van der Waals surface area contributed by atoms with Gasteiger partial charge in [0.25, 0.3) is 0 Å². The second kappa shape index (κ2) is 5.86. The van der Waals surface area contributed by atoms with E-state index in [0.29, 0.717) is 5.56 Å². The largest absolute Gasteiger partial charge is 0.481 e. The van der Waals surface area contributed by atoms with Gasteiger partial charge in [0.1, 0.15) is 5.82 Å². The highest BCUT2D eigenvalue weighted by molar-refractivity contribution is 7.88. The van der Waals surface area contributed by atoms with E-state index in [0.717, 1.165) is 0 Å². The second-order valence-corrected chi connectivity index (χ2v) is 6.35. The van der Waals surface area contributed by atoms with Crippen LogP contribution >= 0.6 is 0 Å². The third-order valence-corrected chi connectivity index (χ3v) is 4.37. The normalized spacial score (nSPS) is 22.9. The van der Waals surface area contributed by atoms with Crippen LogP contribution in [0.15, 0.2) is 24.3 Å². The van der Waals surface area contributed by atoms with Crippen molar-refractivity contribution >= 4 is 16.0 Å². The topological polar surface area (TPSA) is 92.7 Å². The lowest BCUT2D eigenvalue weighted by atomic mass is 10.1. The first-order valence-electron chi connectivity index (χ1n) is 5.92. The van der Waals surface area contributed by atoms with Crippen molar-refractivity contribution in [2.24, 2.45) is 5.92 Å². The summed E-state index contributed by atoms with van der Waals surface area (Å²) in [6.45, 7) is 0.0126. The molecule has 0 aromatic heterocycles. The zero-order valence-electron chi connectivity index (χ0n) is 10.5. The predicted molar refractivity (Wildman–Crippen MR) is 67.9 cm³/mol. The number of carboxylic acids is 1. The summed E-state index contributed by atoms with van der Waals surface area (Å²) in [6.07, 6.45) is 0. The van der Waals surface area contributed by atoms with E-state index in [2.05, 4.69) is 4.72 Å². The number of hydrogen-bond donors (Lipinski definition) is 2. The molecular formula is C12H14FNO5S. The molecule has 6 nitrogen and oxygen atoms in total. The lowest BCUT2D eigenvalue weighted by Gasteiger charge is -2.15. The Bertz CT molecular complexity index is 586. The van der Waals surface area contributed by atoms with Crippen molar-refractivity contribution in [3.05, 3.63) is 35.6 Å². The number of carbonyl (C=O) groups is 1. The van der Waals surface area contributed by atoms with Crippen molar-refractivity contribution in [3.8, 4) is 0 Å². The van der Waals surface area contributed by atoms with Gasteiger partial charge < -0.3 is 9.84 Å². The molecule has 1 aromatic rings. The van der Waals surface area contributed by atoms with E-state index in [9.17, 15) is 17.6 Å². The van der Waals surface area contributed by atoms with Crippen LogP contribution in [-0.2, 0) is 25.3 Å². The quantitative estimate of drug-likeness (QED) is 0.818. The number of nitrogens with one attached hydrogen (secondary N) is 1. The lowest BCUT2D eigenvalue weighted by Crippen LogP contribution is -2.43. The van der Waals surface area contributed by atoms with Gasteiger partial charge in [-0.25, -0.2) is 17.5 Å². The molecule has 1 heterocycles. The summed E-state index contributed by atoms with van der Waals surface area (Å²) in [7, 11) is -3.71. The molecular weight excluding hydrogens is 289 g/mol. The Morgan fingerprint density at radius 3 is 2.60 bits per heavy atom. The predicted octanol–water partition coefficient (Wildman–Crippen LogP) is 0.345. The van der Waals surface area contributed by atoms with E-state index in [1.807, 2.05) is 0 Å². The Morgan fingerprint density at radius 1 is 1.35 bits per heavy atom. The summed E-state index contributed by atoms with van der Waals surface area (Å²) in [5.41, 5.74) is 0.421. The SMILES string of the molecule is O=C(O)[C@@H]1COC[C@@H]1NS(=O)(=O)Cc1ccc(F)cc1. The van der Waals surface area contributed by atoms with Crippen LogP contribution in [-0.4, -0.2) is 38.7 Å². The third kappa shape index (κ3) is 3.75. The molecule has 8 heteroatoms. The maximum absolute atomic E-state index is 12.7. The minimum atomic E-state index is -3.71. The molecule has 0 saturated carbocycles. The van der Waals surface area contributed by atoms with Crippen molar-refractivity contribution in [1.82, 2.24) is 4.72 Å². The standard InChI is InChI=1S/C12H14FNO5S/c13-9-3-1-8(2-4-9)7-20(17,18)14-11-6-19-5-10(11)12(15)16/h1-4,10-11,14H,5-7H2,(H,15,16)/t10-,11+/m1/s1. The highest BCUT2D eigenvalue weighted by Crippen LogP contribution is 2.16. The number of ether oxygens (including phenoxy) is 1. The Labute approximate surface area is 115 Å². The van der Waals surface area contributed by atoms with Gasteiger partial charge in [-0.05, 0) is 17.7 Å². The number of benzene rings is 1. The van der Waals surface area contributed by atoms with E-state index < -0.39 is 33.8 Å². The average molecular weight is 303 g/mol. The van der Waals surface area contributed by atoms with Gasteiger partial charge in [-0.1, -0.05) is 12.1 Å². The molecule has 1 fully saturated rings. The van der Waals surface area contributed by atoms with Gasteiger partial charge in [-0.2, -0.15) is 0 Å². The van der Waals surface area contributed by atoms with Gasteiger partial charge >= 0.3 is 5.97 Å². The van der Waals surface area contributed by atoms with Gasteiger partial charge in [-0.15, -0.1) is 0 Å². The van der Waals surface area contributed by atoms with Crippen LogP contribution in [0.2, 0.25) is 0 Å².